The number of methoxy groups -OCH3 is 1. The van der Waals surface area contributed by atoms with E-state index in [0.717, 1.165) is 0 Å². The van der Waals surface area contributed by atoms with Crippen LogP contribution in [0.25, 0.3) is 11.1 Å². The Labute approximate surface area is 121 Å². The highest BCUT2D eigenvalue weighted by molar-refractivity contribution is 6.34. The zero-order valence-electron chi connectivity index (χ0n) is 11.4. The molecule has 0 bridgehead atoms. The number of nitrogens with two attached hydrogens (primary N) is 1. The summed E-state index contributed by atoms with van der Waals surface area (Å²) in [6, 6.07) is 3.37. The van der Waals surface area contributed by atoms with Crippen molar-refractivity contribution in [3.8, 4) is 16.9 Å². The lowest BCUT2D eigenvalue weighted by atomic mass is 10.1. The van der Waals surface area contributed by atoms with Crippen molar-refractivity contribution in [2.75, 3.05) is 18.2 Å². The van der Waals surface area contributed by atoms with Crippen molar-refractivity contribution < 1.29 is 9.53 Å². The average Bonchev–Trinajstić information content (AvgIpc) is 2.71. The maximum atomic E-state index is 11.4. The SMILES string of the molecule is COc1ccc(Cl)c(-c2cnn(C)c2N)c1NC(C)=O. The van der Waals surface area contributed by atoms with Crippen LogP contribution in [-0.2, 0) is 11.8 Å². The third-order valence-electron chi connectivity index (χ3n) is 2.89. The number of hydrogen-bond donors (Lipinski definition) is 2. The third kappa shape index (κ3) is 2.42. The van der Waals surface area contributed by atoms with Gasteiger partial charge in [-0.25, -0.2) is 0 Å². The van der Waals surface area contributed by atoms with E-state index in [1.807, 2.05) is 0 Å². The van der Waals surface area contributed by atoms with Crippen LogP contribution in [0.5, 0.6) is 5.75 Å². The van der Waals surface area contributed by atoms with Gasteiger partial charge in [0.1, 0.15) is 11.6 Å². The van der Waals surface area contributed by atoms with E-state index in [4.69, 9.17) is 22.1 Å². The Hall–Kier alpha value is -2.21. The molecule has 20 heavy (non-hydrogen) atoms. The second-order valence-electron chi connectivity index (χ2n) is 4.25. The van der Waals surface area contributed by atoms with Crippen molar-refractivity contribution in [3.63, 3.8) is 0 Å². The summed E-state index contributed by atoms with van der Waals surface area (Å²) in [4.78, 5) is 11.4. The summed E-state index contributed by atoms with van der Waals surface area (Å²) in [5.41, 5.74) is 7.69. The van der Waals surface area contributed by atoms with Gasteiger partial charge in [-0.15, -0.1) is 0 Å². The Morgan fingerprint density at radius 1 is 1.50 bits per heavy atom. The quantitative estimate of drug-likeness (QED) is 0.910. The van der Waals surface area contributed by atoms with Crippen LogP contribution in [0.15, 0.2) is 18.3 Å². The highest BCUT2D eigenvalue weighted by Gasteiger charge is 2.19. The summed E-state index contributed by atoms with van der Waals surface area (Å²) < 4.78 is 6.80. The molecular weight excluding hydrogens is 280 g/mol. The second kappa shape index (κ2) is 5.42. The maximum Gasteiger partial charge on any atom is 0.221 e. The van der Waals surface area contributed by atoms with Crippen LogP contribution in [0.4, 0.5) is 11.5 Å². The number of aromatic nitrogens is 2. The maximum absolute atomic E-state index is 11.4. The molecule has 106 valence electrons. The molecule has 0 aliphatic carbocycles. The van der Waals surface area contributed by atoms with E-state index in [9.17, 15) is 4.79 Å². The first-order chi connectivity index (χ1) is 9.45. The smallest absolute Gasteiger partial charge is 0.221 e. The highest BCUT2D eigenvalue weighted by Crippen LogP contribution is 2.42. The molecule has 0 radical (unpaired) electrons. The molecule has 0 fully saturated rings. The van der Waals surface area contributed by atoms with E-state index in [0.29, 0.717) is 33.4 Å². The van der Waals surface area contributed by atoms with E-state index in [1.165, 1.54) is 18.7 Å². The summed E-state index contributed by atoms with van der Waals surface area (Å²) in [6.07, 6.45) is 1.60. The molecule has 0 spiro atoms. The van der Waals surface area contributed by atoms with Gasteiger partial charge >= 0.3 is 0 Å². The van der Waals surface area contributed by atoms with Crippen molar-refractivity contribution in [1.29, 1.82) is 0 Å². The Bertz CT molecular complexity index is 667. The Morgan fingerprint density at radius 3 is 2.70 bits per heavy atom. The fraction of sp³-hybridized carbons (Fsp3) is 0.231. The Morgan fingerprint density at radius 2 is 2.20 bits per heavy atom. The van der Waals surface area contributed by atoms with Gasteiger partial charge in [-0.2, -0.15) is 5.10 Å². The van der Waals surface area contributed by atoms with Gasteiger partial charge in [-0.3, -0.25) is 9.48 Å². The molecule has 0 aliphatic heterocycles. The first kappa shape index (κ1) is 14.2. The van der Waals surface area contributed by atoms with Crippen LogP contribution in [0.2, 0.25) is 5.02 Å². The molecule has 6 nitrogen and oxygen atoms in total. The summed E-state index contributed by atoms with van der Waals surface area (Å²) in [5, 5.41) is 7.27. The van der Waals surface area contributed by atoms with Gasteiger partial charge in [0.25, 0.3) is 0 Å². The van der Waals surface area contributed by atoms with E-state index in [2.05, 4.69) is 10.4 Å². The lowest BCUT2D eigenvalue weighted by Crippen LogP contribution is -2.09. The number of carbonyl (C=O) groups is 1. The van der Waals surface area contributed by atoms with Gasteiger partial charge in [-0.1, -0.05) is 11.6 Å². The number of hydrogen-bond acceptors (Lipinski definition) is 4. The van der Waals surface area contributed by atoms with Crippen molar-refractivity contribution in [3.05, 3.63) is 23.4 Å². The van der Waals surface area contributed by atoms with Crippen molar-refractivity contribution >= 4 is 29.0 Å². The van der Waals surface area contributed by atoms with E-state index in [-0.39, 0.29) is 5.91 Å². The topological polar surface area (TPSA) is 82.2 Å². The molecule has 1 aromatic heterocycles. The monoisotopic (exact) mass is 294 g/mol. The summed E-state index contributed by atoms with van der Waals surface area (Å²) in [6.45, 7) is 1.41. The van der Waals surface area contributed by atoms with Crippen LogP contribution in [-0.4, -0.2) is 22.8 Å². The Kier molecular flexibility index (Phi) is 3.85. The van der Waals surface area contributed by atoms with Gasteiger partial charge in [0, 0.05) is 25.1 Å². The molecule has 1 aromatic carbocycles. The number of amides is 1. The Balaban J connectivity index is 2.72. The number of halogens is 1. The van der Waals surface area contributed by atoms with Gasteiger partial charge < -0.3 is 15.8 Å². The highest BCUT2D eigenvalue weighted by atomic mass is 35.5. The molecule has 2 rings (SSSR count). The van der Waals surface area contributed by atoms with Crippen LogP contribution in [0.3, 0.4) is 0 Å². The molecule has 0 saturated carbocycles. The van der Waals surface area contributed by atoms with Crippen LogP contribution in [0, 0.1) is 0 Å². The van der Waals surface area contributed by atoms with Crippen LogP contribution < -0.4 is 15.8 Å². The minimum atomic E-state index is -0.228. The fourth-order valence-electron chi connectivity index (χ4n) is 1.93. The van der Waals surface area contributed by atoms with Crippen LogP contribution in [0.1, 0.15) is 6.92 Å². The van der Waals surface area contributed by atoms with E-state index in [1.54, 1.807) is 25.4 Å². The molecule has 0 atom stereocenters. The molecule has 3 N–H and O–H groups in total. The molecule has 0 saturated heterocycles. The largest absolute Gasteiger partial charge is 0.495 e. The normalized spacial score (nSPS) is 10.4. The summed E-state index contributed by atoms with van der Waals surface area (Å²) >= 11 is 6.26. The summed E-state index contributed by atoms with van der Waals surface area (Å²) in [5.74, 6) is 0.726. The van der Waals surface area contributed by atoms with Crippen LogP contribution >= 0.6 is 11.6 Å². The lowest BCUT2D eigenvalue weighted by Gasteiger charge is -2.15. The number of carbonyl (C=O) groups excluding carboxylic acids is 1. The number of rotatable bonds is 3. The predicted octanol–water partition coefficient (Wildman–Crippen LogP) is 2.29. The fourth-order valence-corrected chi connectivity index (χ4v) is 2.19. The number of nitrogens with one attached hydrogen (secondary N) is 1. The summed E-state index contributed by atoms with van der Waals surface area (Å²) in [7, 11) is 3.25. The van der Waals surface area contributed by atoms with Gasteiger partial charge in [0.05, 0.1) is 24.0 Å². The number of benzene rings is 1. The molecule has 1 heterocycles. The van der Waals surface area contributed by atoms with Crippen molar-refractivity contribution in [2.24, 2.45) is 7.05 Å². The molecule has 7 heteroatoms. The lowest BCUT2D eigenvalue weighted by molar-refractivity contribution is -0.114. The molecule has 0 unspecified atom stereocenters. The van der Waals surface area contributed by atoms with E-state index < -0.39 is 0 Å². The minimum Gasteiger partial charge on any atom is -0.495 e. The number of aryl methyl sites for hydroxylation is 1. The average molecular weight is 295 g/mol. The minimum absolute atomic E-state index is 0.228. The number of ether oxygens (including phenoxy) is 1. The standard InChI is InChI=1S/C13H15ClN4O2/c1-7(19)17-12-10(20-3)5-4-9(14)11(12)8-6-16-18(2)13(8)15/h4-6H,15H2,1-3H3,(H,17,19). The number of anilines is 2. The zero-order valence-corrected chi connectivity index (χ0v) is 12.2. The predicted molar refractivity (Wildman–Crippen MR) is 78.9 cm³/mol. The number of nitrogen functional groups attached to an aromatic ring is 1. The molecule has 2 aromatic rings. The molecule has 0 aliphatic rings. The van der Waals surface area contributed by atoms with Gasteiger partial charge in [-0.05, 0) is 12.1 Å². The van der Waals surface area contributed by atoms with Gasteiger partial charge in [0.2, 0.25) is 5.91 Å². The van der Waals surface area contributed by atoms with E-state index >= 15 is 0 Å². The third-order valence-corrected chi connectivity index (χ3v) is 3.21. The first-order valence-electron chi connectivity index (χ1n) is 5.87. The zero-order chi connectivity index (χ0) is 14.9. The second-order valence-corrected chi connectivity index (χ2v) is 4.66. The van der Waals surface area contributed by atoms with Crippen molar-refractivity contribution in [2.45, 2.75) is 6.92 Å². The van der Waals surface area contributed by atoms with Gasteiger partial charge in [0.15, 0.2) is 0 Å². The molecular formula is C13H15ClN4O2. The molecule has 1 amide bonds. The first-order valence-corrected chi connectivity index (χ1v) is 6.25. The number of nitrogens with zero attached hydrogens (tertiary/aromatic N) is 2. The van der Waals surface area contributed by atoms with Crippen molar-refractivity contribution in [1.82, 2.24) is 9.78 Å².